The van der Waals surface area contributed by atoms with Crippen molar-refractivity contribution in [2.75, 3.05) is 0 Å². The molecule has 0 aliphatic carbocycles. The summed E-state index contributed by atoms with van der Waals surface area (Å²) in [6, 6.07) is 9.75. The Hall–Kier alpha value is -2.60. The van der Waals surface area contributed by atoms with Gasteiger partial charge in [-0.15, -0.1) is 0 Å². The third-order valence-electron chi connectivity index (χ3n) is 4.11. The Kier molecular flexibility index (Phi) is 5.64. The molecule has 0 aliphatic heterocycles. The number of hydrogen-bond donors (Lipinski definition) is 2. The van der Waals surface area contributed by atoms with Crippen LogP contribution in [0.4, 0.5) is 0 Å². The van der Waals surface area contributed by atoms with E-state index < -0.39 is 17.4 Å². The first-order valence-electron chi connectivity index (χ1n) is 7.76. The van der Waals surface area contributed by atoms with Gasteiger partial charge in [0.2, 0.25) is 0 Å². The smallest absolute Gasteiger partial charge is 0.329 e. The Balaban J connectivity index is 2.29. The van der Waals surface area contributed by atoms with Crippen LogP contribution in [-0.2, 0) is 11.3 Å². The maximum absolute atomic E-state index is 12.4. The van der Waals surface area contributed by atoms with E-state index in [1.54, 1.807) is 25.1 Å². The number of aliphatic carboxylic acids is 1. The highest BCUT2D eigenvalue weighted by atomic mass is 35.5. The summed E-state index contributed by atoms with van der Waals surface area (Å²) in [5, 5.41) is 12.3. The van der Waals surface area contributed by atoms with Gasteiger partial charge in [-0.3, -0.25) is 9.59 Å². The van der Waals surface area contributed by atoms with Gasteiger partial charge in [0.15, 0.2) is 0 Å². The first-order valence-corrected chi connectivity index (χ1v) is 8.14. The van der Waals surface area contributed by atoms with Gasteiger partial charge in [0.25, 0.3) is 11.5 Å². The van der Waals surface area contributed by atoms with Gasteiger partial charge in [-0.1, -0.05) is 36.7 Å². The molecule has 0 fully saturated rings. The molecule has 6 nitrogen and oxygen atoms in total. The number of carboxylic acid groups (broad SMARTS) is 1. The molecule has 2 rings (SSSR count). The van der Waals surface area contributed by atoms with Gasteiger partial charge < -0.3 is 15.0 Å². The Morgan fingerprint density at radius 2 is 1.92 bits per heavy atom. The largest absolute Gasteiger partial charge is 0.480 e. The normalized spacial score (nSPS) is 13.1. The van der Waals surface area contributed by atoms with Crippen molar-refractivity contribution in [2.45, 2.75) is 32.4 Å². The monoisotopic (exact) mass is 362 g/mol. The van der Waals surface area contributed by atoms with E-state index >= 15 is 0 Å². The predicted molar refractivity (Wildman–Crippen MR) is 95.1 cm³/mol. The summed E-state index contributed by atoms with van der Waals surface area (Å²) in [4.78, 5) is 35.8. The third-order valence-corrected chi connectivity index (χ3v) is 4.48. The van der Waals surface area contributed by atoms with Crippen molar-refractivity contribution >= 4 is 23.5 Å². The molecule has 0 saturated heterocycles. The van der Waals surface area contributed by atoms with E-state index in [4.69, 9.17) is 11.6 Å². The Bertz CT molecular complexity index is 862. The van der Waals surface area contributed by atoms with Gasteiger partial charge in [-0.2, -0.15) is 0 Å². The molecular formula is C18H19ClN2O4. The molecule has 0 aliphatic rings. The van der Waals surface area contributed by atoms with Crippen LogP contribution in [0, 0.1) is 0 Å². The van der Waals surface area contributed by atoms with Crippen molar-refractivity contribution in [3.8, 4) is 0 Å². The van der Waals surface area contributed by atoms with Crippen LogP contribution in [-0.4, -0.2) is 27.1 Å². The second-order valence-corrected chi connectivity index (χ2v) is 6.33. The molecule has 7 heteroatoms. The zero-order valence-corrected chi connectivity index (χ0v) is 14.7. The molecule has 1 amide bonds. The molecular weight excluding hydrogens is 344 g/mol. The lowest BCUT2D eigenvalue weighted by atomic mass is 9.99. The lowest BCUT2D eigenvalue weighted by molar-refractivity contribution is -0.143. The summed E-state index contributed by atoms with van der Waals surface area (Å²) in [5.74, 6) is -1.67. The van der Waals surface area contributed by atoms with E-state index in [9.17, 15) is 19.5 Å². The van der Waals surface area contributed by atoms with E-state index in [0.717, 1.165) is 5.56 Å². The first kappa shape index (κ1) is 18.7. The fourth-order valence-electron chi connectivity index (χ4n) is 2.22. The zero-order chi connectivity index (χ0) is 18.6. The van der Waals surface area contributed by atoms with E-state index in [1.807, 2.05) is 6.07 Å². The van der Waals surface area contributed by atoms with Crippen molar-refractivity contribution in [2.24, 2.45) is 0 Å². The average molecular weight is 363 g/mol. The van der Waals surface area contributed by atoms with Gasteiger partial charge in [0.1, 0.15) is 5.54 Å². The predicted octanol–water partition coefficient (Wildman–Crippen LogP) is 2.53. The molecule has 25 heavy (non-hydrogen) atoms. The van der Waals surface area contributed by atoms with Crippen molar-refractivity contribution in [1.82, 2.24) is 9.88 Å². The summed E-state index contributed by atoms with van der Waals surface area (Å²) < 4.78 is 1.36. The Labute approximate surface area is 150 Å². The summed E-state index contributed by atoms with van der Waals surface area (Å²) in [6.45, 7) is 3.32. The van der Waals surface area contributed by atoms with E-state index in [1.165, 1.54) is 29.8 Å². The van der Waals surface area contributed by atoms with E-state index in [2.05, 4.69) is 5.32 Å². The number of rotatable bonds is 6. The number of aromatic nitrogens is 1. The SMILES string of the molecule is CCC(C)(NC(=O)c1ccc(=O)n(Cc2ccccc2Cl)c1)C(=O)O. The summed E-state index contributed by atoms with van der Waals surface area (Å²) in [5.41, 5.74) is -0.714. The molecule has 1 aromatic heterocycles. The maximum atomic E-state index is 12.4. The summed E-state index contributed by atoms with van der Waals surface area (Å²) in [6.07, 6.45) is 1.63. The molecule has 0 bridgehead atoms. The molecule has 1 aromatic carbocycles. The van der Waals surface area contributed by atoms with Crippen molar-refractivity contribution in [1.29, 1.82) is 0 Å². The lowest BCUT2D eigenvalue weighted by Crippen LogP contribution is -2.51. The second-order valence-electron chi connectivity index (χ2n) is 5.92. The molecule has 0 radical (unpaired) electrons. The highest BCUT2D eigenvalue weighted by Gasteiger charge is 2.33. The number of nitrogens with zero attached hydrogens (tertiary/aromatic N) is 1. The van der Waals surface area contributed by atoms with E-state index in [-0.39, 0.29) is 24.1 Å². The fraction of sp³-hybridized carbons (Fsp3) is 0.278. The fourth-order valence-corrected chi connectivity index (χ4v) is 2.41. The van der Waals surface area contributed by atoms with Gasteiger partial charge in [0, 0.05) is 17.3 Å². The Morgan fingerprint density at radius 1 is 1.24 bits per heavy atom. The van der Waals surface area contributed by atoms with E-state index in [0.29, 0.717) is 5.02 Å². The summed E-state index contributed by atoms with van der Waals surface area (Å²) >= 11 is 6.11. The van der Waals surface area contributed by atoms with Crippen molar-refractivity contribution in [3.05, 3.63) is 69.1 Å². The van der Waals surface area contributed by atoms with Gasteiger partial charge in [-0.05, 0) is 31.0 Å². The van der Waals surface area contributed by atoms with Crippen LogP contribution >= 0.6 is 11.6 Å². The number of amides is 1. The number of halogens is 1. The van der Waals surface area contributed by atoms with Crippen LogP contribution in [0.15, 0.2) is 47.4 Å². The number of carbonyl (C=O) groups excluding carboxylic acids is 1. The lowest BCUT2D eigenvalue weighted by Gasteiger charge is -2.24. The minimum Gasteiger partial charge on any atom is -0.480 e. The molecule has 0 spiro atoms. The first-order chi connectivity index (χ1) is 11.8. The number of carbonyl (C=O) groups is 2. The van der Waals surface area contributed by atoms with Gasteiger partial charge in [0.05, 0.1) is 12.1 Å². The van der Waals surface area contributed by atoms with Crippen molar-refractivity contribution in [3.63, 3.8) is 0 Å². The summed E-state index contributed by atoms with van der Waals surface area (Å²) in [7, 11) is 0. The zero-order valence-electron chi connectivity index (χ0n) is 14.0. The van der Waals surface area contributed by atoms with Gasteiger partial charge >= 0.3 is 5.97 Å². The number of hydrogen-bond acceptors (Lipinski definition) is 3. The van der Waals surface area contributed by atoms with Crippen LogP contribution in [0.25, 0.3) is 0 Å². The molecule has 1 atom stereocenters. The molecule has 2 N–H and O–H groups in total. The van der Waals surface area contributed by atoms with Crippen LogP contribution in [0.5, 0.6) is 0 Å². The average Bonchev–Trinajstić information content (AvgIpc) is 2.58. The molecule has 2 aromatic rings. The van der Waals surface area contributed by atoms with Crippen LogP contribution < -0.4 is 10.9 Å². The van der Waals surface area contributed by atoms with Crippen LogP contribution in [0.2, 0.25) is 5.02 Å². The molecule has 1 unspecified atom stereocenters. The molecule has 1 heterocycles. The minimum atomic E-state index is -1.37. The molecule has 132 valence electrons. The van der Waals surface area contributed by atoms with Gasteiger partial charge in [-0.25, -0.2) is 4.79 Å². The highest BCUT2D eigenvalue weighted by molar-refractivity contribution is 6.31. The standard InChI is InChI=1S/C18H19ClN2O4/c1-3-18(2,17(24)25)20-16(23)13-8-9-15(22)21(11-13)10-12-6-4-5-7-14(12)19/h4-9,11H,3,10H2,1-2H3,(H,20,23)(H,24,25). The molecule has 0 saturated carbocycles. The quantitative estimate of drug-likeness (QED) is 0.826. The number of pyridine rings is 1. The minimum absolute atomic E-state index is 0.201. The third kappa shape index (κ3) is 4.28. The number of benzene rings is 1. The Morgan fingerprint density at radius 3 is 2.52 bits per heavy atom. The second kappa shape index (κ2) is 7.53. The van der Waals surface area contributed by atoms with Crippen LogP contribution in [0.1, 0.15) is 36.2 Å². The highest BCUT2D eigenvalue weighted by Crippen LogP contribution is 2.16. The van der Waals surface area contributed by atoms with Crippen LogP contribution in [0.3, 0.4) is 0 Å². The number of nitrogens with one attached hydrogen (secondary N) is 1. The topological polar surface area (TPSA) is 88.4 Å². The van der Waals surface area contributed by atoms with Crippen molar-refractivity contribution < 1.29 is 14.7 Å². The number of carboxylic acids is 1. The maximum Gasteiger partial charge on any atom is 0.329 e.